The van der Waals surface area contributed by atoms with E-state index in [1.54, 1.807) is 6.20 Å². The molecule has 0 amide bonds. The fourth-order valence-corrected chi connectivity index (χ4v) is 2.83. The zero-order valence-corrected chi connectivity index (χ0v) is 11.7. The van der Waals surface area contributed by atoms with Gasteiger partial charge in [-0.05, 0) is 40.9 Å². The number of rotatable bonds is 1. The summed E-state index contributed by atoms with van der Waals surface area (Å²) in [5.74, 6) is 0. The van der Waals surface area contributed by atoms with Crippen LogP contribution in [0.15, 0.2) is 42.6 Å². The molecule has 0 bridgehead atoms. The third-order valence-corrected chi connectivity index (χ3v) is 3.96. The SMILES string of the molecule is S=c1nccc2c(I)c(-c3ccccc3)[nH]n12. The number of halogens is 1. The lowest BCUT2D eigenvalue weighted by atomic mass is 10.1. The highest BCUT2D eigenvalue weighted by Gasteiger charge is 2.10. The van der Waals surface area contributed by atoms with Gasteiger partial charge in [0.2, 0.25) is 4.77 Å². The molecule has 0 radical (unpaired) electrons. The number of nitrogens with one attached hydrogen (secondary N) is 1. The maximum Gasteiger partial charge on any atom is 0.219 e. The summed E-state index contributed by atoms with van der Waals surface area (Å²) < 4.78 is 3.53. The molecule has 3 nitrogen and oxygen atoms in total. The Morgan fingerprint density at radius 1 is 1.18 bits per heavy atom. The van der Waals surface area contributed by atoms with Crippen LogP contribution < -0.4 is 0 Å². The number of fused-ring (bicyclic) bond motifs is 1. The maximum atomic E-state index is 5.19. The smallest absolute Gasteiger partial charge is 0.219 e. The summed E-state index contributed by atoms with van der Waals surface area (Å²) >= 11 is 7.52. The normalized spacial score (nSPS) is 10.9. The van der Waals surface area contributed by atoms with Crippen LogP contribution in [0.25, 0.3) is 16.8 Å². The predicted molar refractivity (Wildman–Crippen MR) is 78.5 cm³/mol. The molecule has 0 aliphatic heterocycles. The highest BCUT2D eigenvalue weighted by Crippen LogP contribution is 2.26. The molecular weight excluding hydrogens is 345 g/mol. The Hall–Kier alpha value is -1.21. The van der Waals surface area contributed by atoms with E-state index in [0.717, 1.165) is 20.3 Å². The minimum Gasteiger partial charge on any atom is -0.290 e. The first kappa shape index (κ1) is 10.9. The molecule has 2 aromatic heterocycles. The van der Waals surface area contributed by atoms with Gasteiger partial charge >= 0.3 is 0 Å². The first-order chi connectivity index (χ1) is 8.27. The summed E-state index contributed by atoms with van der Waals surface area (Å²) in [4.78, 5) is 4.10. The molecule has 1 aromatic carbocycles. The third-order valence-electron chi connectivity index (χ3n) is 2.58. The fourth-order valence-electron chi connectivity index (χ4n) is 1.77. The second kappa shape index (κ2) is 4.23. The zero-order valence-electron chi connectivity index (χ0n) is 8.72. The summed E-state index contributed by atoms with van der Waals surface area (Å²) in [6.07, 6.45) is 1.74. The second-order valence-corrected chi connectivity index (χ2v) is 5.06. The molecule has 84 valence electrons. The van der Waals surface area contributed by atoms with Gasteiger partial charge in [0.15, 0.2) is 0 Å². The van der Waals surface area contributed by atoms with Gasteiger partial charge in [-0.2, -0.15) is 0 Å². The highest BCUT2D eigenvalue weighted by atomic mass is 127. The third kappa shape index (κ3) is 1.79. The van der Waals surface area contributed by atoms with Crippen LogP contribution >= 0.6 is 34.8 Å². The molecular formula is C12H8IN3S. The first-order valence-corrected chi connectivity index (χ1v) is 6.57. The molecule has 0 fully saturated rings. The molecule has 3 rings (SSSR count). The molecule has 0 saturated carbocycles. The summed E-state index contributed by atoms with van der Waals surface area (Å²) in [5.41, 5.74) is 3.28. The van der Waals surface area contributed by atoms with Gasteiger partial charge in [0.1, 0.15) is 0 Å². The summed E-state index contributed by atoms with van der Waals surface area (Å²) in [7, 11) is 0. The van der Waals surface area contributed by atoms with Gasteiger partial charge in [0.25, 0.3) is 0 Å². The average molecular weight is 353 g/mol. The van der Waals surface area contributed by atoms with E-state index in [1.165, 1.54) is 0 Å². The van der Waals surface area contributed by atoms with Crippen LogP contribution in [0.1, 0.15) is 0 Å². The van der Waals surface area contributed by atoms with E-state index in [1.807, 2.05) is 28.8 Å². The Morgan fingerprint density at radius 3 is 2.65 bits per heavy atom. The number of aromatic nitrogens is 3. The number of aromatic amines is 1. The van der Waals surface area contributed by atoms with Crippen molar-refractivity contribution >= 4 is 40.3 Å². The average Bonchev–Trinajstić information content (AvgIpc) is 2.70. The van der Waals surface area contributed by atoms with Crippen molar-refractivity contribution in [1.29, 1.82) is 0 Å². The number of nitrogens with zero attached hydrogens (tertiary/aromatic N) is 2. The Kier molecular flexibility index (Phi) is 2.71. The van der Waals surface area contributed by atoms with Crippen molar-refractivity contribution < 1.29 is 0 Å². The van der Waals surface area contributed by atoms with E-state index >= 15 is 0 Å². The highest BCUT2D eigenvalue weighted by molar-refractivity contribution is 14.1. The standard InChI is InChI=1S/C12H8IN3S/c13-10-9-6-7-14-12(17)16(9)15-11(10)8-4-2-1-3-5-8/h1-7,15H. The number of hydrogen-bond donors (Lipinski definition) is 1. The lowest BCUT2D eigenvalue weighted by molar-refractivity contribution is 0.905. The number of hydrogen-bond acceptors (Lipinski definition) is 2. The van der Waals surface area contributed by atoms with E-state index in [4.69, 9.17) is 12.2 Å². The molecule has 5 heteroatoms. The van der Waals surface area contributed by atoms with E-state index < -0.39 is 0 Å². The van der Waals surface area contributed by atoms with Crippen molar-refractivity contribution in [2.24, 2.45) is 0 Å². The van der Waals surface area contributed by atoms with Crippen LogP contribution in [0.3, 0.4) is 0 Å². The molecule has 2 heterocycles. The van der Waals surface area contributed by atoms with Gasteiger partial charge in [-0.25, -0.2) is 9.50 Å². The van der Waals surface area contributed by atoms with E-state index in [-0.39, 0.29) is 0 Å². The molecule has 0 aliphatic carbocycles. The monoisotopic (exact) mass is 353 g/mol. The molecule has 1 N–H and O–H groups in total. The maximum absolute atomic E-state index is 5.19. The lowest BCUT2D eigenvalue weighted by Gasteiger charge is -1.96. The molecule has 17 heavy (non-hydrogen) atoms. The zero-order chi connectivity index (χ0) is 11.8. The quantitative estimate of drug-likeness (QED) is 0.535. The van der Waals surface area contributed by atoms with E-state index in [2.05, 4.69) is 44.8 Å². The van der Waals surface area contributed by atoms with Crippen LogP contribution in [-0.2, 0) is 0 Å². The topological polar surface area (TPSA) is 33.1 Å². The number of benzene rings is 1. The van der Waals surface area contributed by atoms with Crippen LogP contribution in [0, 0.1) is 8.34 Å². The summed E-state index contributed by atoms with van der Waals surface area (Å²) in [6.45, 7) is 0. The van der Waals surface area contributed by atoms with Crippen LogP contribution in [0.4, 0.5) is 0 Å². The van der Waals surface area contributed by atoms with Gasteiger partial charge in [-0.1, -0.05) is 30.3 Å². The lowest BCUT2D eigenvalue weighted by Crippen LogP contribution is -1.90. The first-order valence-electron chi connectivity index (χ1n) is 5.08. The molecule has 0 saturated heterocycles. The summed E-state index contributed by atoms with van der Waals surface area (Å²) in [5, 5.41) is 3.29. The van der Waals surface area contributed by atoms with Gasteiger partial charge < -0.3 is 0 Å². The minimum absolute atomic E-state index is 0.544. The molecule has 0 atom stereocenters. The second-order valence-electron chi connectivity index (χ2n) is 3.61. The van der Waals surface area contributed by atoms with Crippen molar-refractivity contribution in [2.75, 3.05) is 0 Å². The van der Waals surface area contributed by atoms with Crippen LogP contribution in [-0.4, -0.2) is 14.6 Å². The largest absolute Gasteiger partial charge is 0.290 e. The summed E-state index contributed by atoms with van der Waals surface area (Å²) in [6, 6.07) is 12.2. The van der Waals surface area contributed by atoms with Gasteiger partial charge in [0.05, 0.1) is 14.8 Å². The molecule has 0 unspecified atom stereocenters. The van der Waals surface area contributed by atoms with Crippen molar-refractivity contribution in [2.45, 2.75) is 0 Å². The Morgan fingerprint density at radius 2 is 1.94 bits per heavy atom. The van der Waals surface area contributed by atoms with Crippen LogP contribution in [0.5, 0.6) is 0 Å². The van der Waals surface area contributed by atoms with Crippen molar-refractivity contribution in [3.05, 3.63) is 50.9 Å². The van der Waals surface area contributed by atoms with Gasteiger partial charge in [0, 0.05) is 11.8 Å². The Labute approximate surface area is 117 Å². The predicted octanol–water partition coefficient (Wildman–Crippen LogP) is 3.66. The van der Waals surface area contributed by atoms with E-state index in [0.29, 0.717) is 4.77 Å². The minimum atomic E-state index is 0.544. The molecule has 0 spiro atoms. The Bertz CT molecular complexity index is 730. The number of H-pyrrole nitrogens is 1. The molecule has 0 aliphatic rings. The fraction of sp³-hybridized carbons (Fsp3) is 0. The van der Waals surface area contributed by atoms with Crippen molar-refractivity contribution in [3.8, 4) is 11.3 Å². The van der Waals surface area contributed by atoms with Gasteiger partial charge in [-0.3, -0.25) is 5.10 Å². The van der Waals surface area contributed by atoms with Gasteiger partial charge in [-0.15, -0.1) is 0 Å². The van der Waals surface area contributed by atoms with Crippen molar-refractivity contribution in [3.63, 3.8) is 0 Å². The van der Waals surface area contributed by atoms with Crippen LogP contribution in [0.2, 0.25) is 0 Å². The van der Waals surface area contributed by atoms with E-state index in [9.17, 15) is 0 Å². The van der Waals surface area contributed by atoms with Crippen molar-refractivity contribution in [1.82, 2.24) is 14.6 Å². The molecule has 3 aromatic rings. The Balaban J connectivity index is 2.36.